The van der Waals surface area contributed by atoms with Gasteiger partial charge in [-0.1, -0.05) is 0 Å². The standard InChI is InChI=1S/C15H14N2O7S2/c1-8-6-12(25-13(8)15(19)20)26(21,22)17-16-14(18)9-2-3-10-11(7-9)24-5-4-23-10/h2-3,6-7,17H,4-5H2,1H3,(H,16,18)(H,19,20). The van der Waals surface area contributed by atoms with Crippen LogP contribution < -0.4 is 19.7 Å². The van der Waals surface area contributed by atoms with Crippen molar-refractivity contribution in [3.8, 4) is 11.5 Å². The normalized spacial score (nSPS) is 13.3. The van der Waals surface area contributed by atoms with E-state index in [1.54, 1.807) is 6.07 Å². The van der Waals surface area contributed by atoms with E-state index < -0.39 is 21.9 Å². The minimum Gasteiger partial charge on any atom is -0.486 e. The predicted molar refractivity (Wildman–Crippen MR) is 91.2 cm³/mol. The molecule has 0 fully saturated rings. The molecular weight excluding hydrogens is 384 g/mol. The number of carboxylic acids is 1. The summed E-state index contributed by atoms with van der Waals surface area (Å²) in [6.07, 6.45) is 0. The molecule has 1 aliphatic heterocycles. The molecule has 2 aromatic rings. The maximum atomic E-state index is 12.2. The smallest absolute Gasteiger partial charge is 0.346 e. The average Bonchev–Trinajstić information content (AvgIpc) is 3.02. The highest BCUT2D eigenvalue weighted by molar-refractivity contribution is 7.91. The monoisotopic (exact) mass is 398 g/mol. The first-order valence-corrected chi connectivity index (χ1v) is 9.63. The molecule has 0 radical (unpaired) electrons. The molecule has 3 rings (SSSR count). The van der Waals surface area contributed by atoms with Crippen molar-refractivity contribution in [2.45, 2.75) is 11.1 Å². The van der Waals surface area contributed by atoms with Crippen molar-refractivity contribution in [2.75, 3.05) is 13.2 Å². The number of sulfonamides is 1. The molecule has 0 aliphatic carbocycles. The van der Waals surface area contributed by atoms with Crippen LogP contribution in [0.15, 0.2) is 28.5 Å². The Balaban J connectivity index is 1.72. The number of carbonyl (C=O) groups is 2. The minimum atomic E-state index is -4.10. The first-order valence-electron chi connectivity index (χ1n) is 7.33. The molecule has 1 aliphatic rings. The lowest BCUT2D eigenvalue weighted by Gasteiger charge is -2.18. The Kier molecular flexibility index (Phi) is 4.85. The van der Waals surface area contributed by atoms with Gasteiger partial charge in [0.2, 0.25) is 0 Å². The second-order valence-electron chi connectivity index (χ2n) is 5.30. The zero-order valence-corrected chi connectivity index (χ0v) is 15.1. The number of rotatable bonds is 5. The lowest BCUT2D eigenvalue weighted by Crippen LogP contribution is -2.41. The summed E-state index contributed by atoms with van der Waals surface area (Å²) in [7, 11) is -4.10. The highest BCUT2D eigenvalue weighted by Crippen LogP contribution is 2.30. The van der Waals surface area contributed by atoms with Crippen molar-refractivity contribution < 1.29 is 32.6 Å². The summed E-state index contributed by atoms with van der Waals surface area (Å²) < 4.78 is 35.0. The molecule has 1 amide bonds. The van der Waals surface area contributed by atoms with Crippen LogP contribution in [0.3, 0.4) is 0 Å². The van der Waals surface area contributed by atoms with E-state index in [9.17, 15) is 18.0 Å². The molecule has 0 spiro atoms. The number of aryl methyl sites for hydroxylation is 1. The number of hydrogen-bond acceptors (Lipinski definition) is 7. The lowest BCUT2D eigenvalue weighted by atomic mass is 10.2. The Bertz CT molecular complexity index is 982. The van der Waals surface area contributed by atoms with Crippen LogP contribution in [0.2, 0.25) is 0 Å². The van der Waals surface area contributed by atoms with E-state index in [0.717, 1.165) is 0 Å². The fourth-order valence-corrected chi connectivity index (χ4v) is 4.44. The van der Waals surface area contributed by atoms with E-state index in [1.165, 1.54) is 25.1 Å². The molecular formula is C15H14N2O7S2. The van der Waals surface area contributed by atoms with Gasteiger partial charge in [0.25, 0.3) is 15.9 Å². The zero-order chi connectivity index (χ0) is 18.9. The molecule has 2 heterocycles. The predicted octanol–water partition coefficient (Wildman–Crippen LogP) is 1.15. The van der Waals surface area contributed by atoms with Crippen molar-refractivity contribution in [3.05, 3.63) is 40.3 Å². The van der Waals surface area contributed by atoms with Crippen molar-refractivity contribution in [1.29, 1.82) is 0 Å². The van der Waals surface area contributed by atoms with Gasteiger partial charge in [-0.2, -0.15) is 0 Å². The topological polar surface area (TPSA) is 131 Å². The number of ether oxygens (including phenoxy) is 2. The van der Waals surface area contributed by atoms with Crippen LogP contribution in [-0.2, 0) is 10.0 Å². The zero-order valence-electron chi connectivity index (χ0n) is 13.4. The molecule has 0 saturated carbocycles. The largest absolute Gasteiger partial charge is 0.486 e. The van der Waals surface area contributed by atoms with Crippen LogP contribution in [-0.4, -0.2) is 38.6 Å². The molecule has 0 saturated heterocycles. The number of aromatic carboxylic acids is 1. The quantitative estimate of drug-likeness (QED) is 0.644. The minimum absolute atomic E-state index is 0.0801. The summed E-state index contributed by atoms with van der Waals surface area (Å²) in [4.78, 5) is 25.1. The molecule has 0 atom stereocenters. The van der Waals surface area contributed by atoms with Gasteiger partial charge in [-0.05, 0) is 36.8 Å². The van der Waals surface area contributed by atoms with Crippen molar-refractivity contribution in [3.63, 3.8) is 0 Å². The molecule has 0 bridgehead atoms. The third kappa shape index (κ3) is 3.64. The molecule has 0 unspecified atom stereocenters. The SMILES string of the molecule is Cc1cc(S(=O)(=O)NNC(=O)c2ccc3c(c2)OCCO3)sc1C(=O)O. The highest BCUT2D eigenvalue weighted by atomic mass is 32.2. The van der Waals surface area contributed by atoms with E-state index in [2.05, 4.69) is 5.43 Å². The summed E-state index contributed by atoms with van der Waals surface area (Å²) in [5.41, 5.74) is 2.58. The first-order chi connectivity index (χ1) is 12.3. The number of amides is 1. The summed E-state index contributed by atoms with van der Waals surface area (Å²) >= 11 is 0.603. The Morgan fingerprint density at radius 3 is 2.50 bits per heavy atom. The Hall–Kier alpha value is -2.63. The fraction of sp³-hybridized carbons (Fsp3) is 0.200. The Morgan fingerprint density at radius 2 is 1.85 bits per heavy atom. The molecule has 9 nitrogen and oxygen atoms in total. The maximum Gasteiger partial charge on any atom is 0.346 e. The first kappa shape index (κ1) is 18.2. The number of carbonyl (C=O) groups excluding carboxylic acids is 1. The van der Waals surface area contributed by atoms with E-state index in [1.807, 2.05) is 4.83 Å². The molecule has 1 aromatic carbocycles. The maximum absolute atomic E-state index is 12.2. The number of hydrazine groups is 1. The van der Waals surface area contributed by atoms with Gasteiger partial charge < -0.3 is 14.6 Å². The van der Waals surface area contributed by atoms with Crippen LogP contribution in [0.5, 0.6) is 11.5 Å². The van der Waals surface area contributed by atoms with Gasteiger partial charge in [0.05, 0.1) is 0 Å². The van der Waals surface area contributed by atoms with E-state index >= 15 is 0 Å². The summed E-state index contributed by atoms with van der Waals surface area (Å²) in [5, 5.41) is 9.01. The Labute approximate surface area is 152 Å². The van der Waals surface area contributed by atoms with Crippen LogP contribution in [0.25, 0.3) is 0 Å². The molecule has 138 valence electrons. The second-order valence-corrected chi connectivity index (χ2v) is 8.26. The van der Waals surface area contributed by atoms with Crippen molar-refractivity contribution in [1.82, 2.24) is 10.3 Å². The van der Waals surface area contributed by atoms with Crippen LogP contribution >= 0.6 is 11.3 Å². The van der Waals surface area contributed by atoms with Gasteiger partial charge in [-0.15, -0.1) is 16.2 Å². The average molecular weight is 398 g/mol. The van der Waals surface area contributed by atoms with Crippen LogP contribution in [0.1, 0.15) is 25.6 Å². The molecule has 11 heteroatoms. The number of hydrogen-bond donors (Lipinski definition) is 3. The van der Waals surface area contributed by atoms with Gasteiger partial charge in [0, 0.05) is 5.56 Å². The van der Waals surface area contributed by atoms with Gasteiger partial charge in [-0.3, -0.25) is 10.2 Å². The molecule has 26 heavy (non-hydrogen) atoms. The summed E-state index contributed by atoms with van der Waals surface area (Å²) in [6.45, 7) is 2.26. The number of carboxylic acid groups (broad SMARTS) is 1. The van der Waals surface area contributed by atoms with Gasteiger partial charge >= 0.3 is 5.97 Å². The second kappa shape index (κ2) is 6.94. The number of fused-ring (bicyclic) bond motifs is 1. The van der Waals surface area contributed by atoms with Gasteiger partial charge in [-0.25, -0.2) is 13.2 Å². The van der Waals surface area contributed by atoms with Crippen LogP contribution in [0.4, 0.5) is 0 Å². The van der Waals surface area contributed by atoms with Crippen LogP contribution in [0, 0.1) is 6.92 Å². The Morgan fingerprint density at radius 1 is 1.15 bits per heavy atom. The van der Waals surface area contributed by atoms with Gasteiger partial charge in [0.15, 0.2) is 11.5 Å². The number of thiophene rings is 1. The molecule has 3 N–H and O–H groups in total. The summed E-state index contributed by atoms with van der Waals surface area (Å²) in [5.74, 6) is -1.01. The lowest BCUT2D eigenvalue weighted by molar-refractivity contribution is 0.0701. The van der Waals surface area contributed by atoms with E-state index in [0.29, 0.717) is 41.6 Å². The molecule has 1 aromatic heterocycles. The third-order valence-corrected chi connectivity index (χ3v) is 6.40. The highest BCUT2D eigenvalue weighted by Gasteiger charge is 2.23. The number of nitrogens with one attached hydrogen (secondary N) is 2. The summed E-state index contributed by atoms with van der Waals surface area (Å²) in [6, 6.07) is 5.69. The van der Waals surface area contributed by atoms with Crippen molar-refractivity contribution in [2.24, 2.45) is 0 Å². The third-order valence-electron chi connectivity index (χ3n) is 3.46. The van der Waals surface area contributed by atoms with Crippen molar-refractivity contribution >= 4 is 33.2 Å². The van der Waals surface area contributed by atoms with Gasteiger partial charge in [0.1, 0.15) is 22.3 Å². The van der Waals surface area contributed by atoms with E-state index in [-0.39, 0.29) is 14.6 Å². The fourth-order valence-electron chi connectivity index (χ4n) is 2.22. The number of benzene rings is 1. The van der Waals surface area contributed by atoms with E-state index in [4.69, 9.17) is 14.6 Å².